The highest BCUT2D eigenvalue weighted by Crippen LogP contribution is 2.43. The summed E-state index contributed by atoms with van der Waals surface area (Å²) in [5.41, 5.74) is 5.34. The molecule has 53 heavy (non-hydrogen) atoms. The van der Waals surface area contributed by atoms with Crippen molar-refractivity contribution in [1.29, 1.82) is 0 Å². The van der Waals surface area contributed by atoms with Crippen molar-refractivity contribution < 1.29 is 42.7 Å². The maximum atomic E-state index is 12.6. The molecule has 0 fully saturated rings. The fourth-order valence-electron chi connectivity index (χ4n) is 5.36. The van der Waals surface area contributed by atoms with Gasteiger partial charge >= 0.3 is 19.8 Å². The lowest BCUT2D eigenvalue weighted by molar-refractivity contribution is -0.154. The largest absolute Gasteiger partial charge is 0.480 e. The van der Waals surface area contributed by atoms with Crippen molar-refractivity contribution in [2.45, 2.75) is 180 Å². The Morgan fingerprint density at radius 2 is 1.04 bits per heavy atom. The number of nitrogens with two attached hydrogens (primary N) is 1. The lowest BCUT2D eigenvalue weighted by Gasteiger charge is -2.20. The monoisotopic (exact) mass is 770 g/mol. The third-order valence-corrected chi connectivity index (χ3v) is 9.56. The summed E-state index contributed by atoms with van der Waals surface area (Å²) >= 11 is 0. The van der Waals surface area contributed by atoms with Crippen molar-refractivity contribution >= 4 is 19.8 Å². The minimum atomic E-state index is -4.63. The van der Waals surface area contributed by atoms with Gasteiger partial charge in [0.05, 0.1) is 19.8 Å². The van der Waals surface area contributed by atoms with Crippen LogP contribution < -0.4 is 5.73 Å². The fraction of sp³-hybridized carbons (Fsp3) is 0.762. The molecule has 0 aromatic rings. The smallest absolute Gasteiger partial charge is 0.472 e. The first kappa shape index (κ1) is 50.9. The number of hydrogen-bond acceptors (Lipinski definition) is 8. The molecule has 0 saturated heterocycles. The number of esters is 1. The number of allylic oxidation sites excluding steroid dienone is 8. The number of hydrogen-bond donors (Lipinski definition) is 3. The maximum absolute atomic E-state index is 12.6. The van der Waals surface area contributed by atoms with Crippen LogP contribution in [0.5, 0.6) is 0 Å². The van der Waals surface area contributed by atoms with Crippen LogP contribution >= 0.6 is 7.82 Å². The van der Waals surface area contributed by atoms with E-state index in [-0.39, 0.29) is 13.0 Å². The van der Waals surface area contributed by atoms with Crippen LogP contribution in [0.2, 0.25) is 0 Å². The number of aliphatic carboxylic acids is 1. The number of carboxylic acids is 1. The van der Waals surface area contributed by atoms with E-state index in [2.05, 4.69) is 56.4 Å². The molecule has 0 amide bonds. The summed E-state index contributed by atoms with van der Waals surface area (Å²) < 4.78 is 33.2. The molecule has 0 aromatic carbocycles. The predicted octanol–water partition coefficient (Wildman–Crippen LogP) is 11.1. The van der Waals surface area contributed by atoms with Gasteiger partial charge in [-0.05, 0) is 51.4 Å². The van der Waals surface area contributed by atoms with Crippen LogP contribution in [0.3, 0.4) is 0 Å². The Morgan fingerprint density at radius 1 is 0.604 bits per heavy atom. The zero-order chi connectivity index (χ0) is 39.1. The summed E-state index contributed by atoms with van der Waals surface area (Å²) in [5, 5.41) is 8.88. The van der Waals surface area contributed by atoms with Crippen LogP contribution in [0.4, 0.5) is 0 Å². The standard InChI is InChI=1S/C42H76NO9P/c1-3-5-7-9-11-13-15-17-19-20-21-22-24-26-28-30-32-34-41(44)52-39(37-50-53(47,48)51-38-40(43)42(45)46)36-49-35-33-31-29-27-25-23-18-16-14-12-10-8-6-4-2/h11,13,17,19,21-22,26,28,39-40H,3-10,12,14-16,18,20,23-25,27,29-38,43H2,1-2H3,(H,45,46)(H,47,48)/b13-11-,19-17-,22-21-,28-26-/t39-,40+/m1/s1. The zero-order valence-corrected chi connectivity index (χ0v) is 34.2. The van der Waals surface area contributed by atoms with Gasteiger partial charge < -0.3 is 25.2 Å². The van der Waals surface area contributed by atoms with Gasteiger partial charge in [-0.1, -0.05) is 159 Å². The summed E-state index contributed by atoms with van der Waals surface area (Å²) in [6.07, 6.45) is 43.1. The molecule has 0 aromatic heterocycles. The molecule has 308 valence electrons. The minimum absolute atomic E-state index is 0.00397. The molecule has 11 heteroatoms. The Labute approximate surface area is 322 Å². The van der Waals surface area contributed by atoms with Crippen LogP contribution in [-0.4, -0.2) is 60.5 Å². The average molecular weight is 770 g/mol. The third kappa shape index (κ3) is 38.0. The molecular formula is C42H76NO9P. The fourth-order valence-corrected chi connectivity index (χ4v) is 6.14. The first-order valence-electron chi connectivity index (χ1n) is 20.7. The van der Waals surface area contributed by atoms with Crippen LogP contribution in [-0.2, 0) is 32.7 Å². The van der Waals surface area contributed by atoms with Crippen molar-refractivity contribution in [3.63, 3.8) is 0 Å². The molecule has 3 atom stereocenters. The number of phosphoric acid groups is 1. The van der Waals surface area contributed by atoms with Crippen LogP contribution in [0.25, 0.3) is 0 Å². The van der Waals surface area contributed by atoms with E-state index in [1.165, 1.54) is 96.3 Å². The molecule has 0 saturated carbocycles. The van der Waals surface area contributed by atoms with Gasteiger partial charge in [0, 0.05) is 13.0 Å². The molecule has 0 aliphatic carbocycles. The van der Waals surface area contributed by atoms with Gasteiger partial charge in [0.1, 0.15) is 12.1 Å². The number of carbonyl (C=O) groups excluding carboxylic acids is 1. The van der Waals surface area contributed by atoms with E-state index in [4.69, 9.17) is 29.4 Å². The van der Waals surface area contributed by atoms with Crippen molar-refractivity contribution in [3.05, 3.63) is 48.6 Å². The SMILES string of the molecule is CCCCC/C=C\C/C=C\C/C=C\C/C=C\CCCC(=O)O[C@H](COCCCCCCCCCCCCCCCC)COP(=O)(O)OC[C@H](N)C(=O)O. The molecule has 0 bridgehead atoms. The van der Waals surface area contributed by atoms with E-state index in [9.17, 15) is 19.0 Å². The molecule has 4 N–H and O–H groups in total. The molecule has 0 radical (unpaired) electrons. The Kier molecular flexibility index (Phi) is 36.7. The van der Waals surface area contributed by atoms with Crippen molar-refractivity contribution in [2.24, 2.45) is 5.73 Å². The number of carbonyl (C=O) groups is 2. The Hall–Kier alpha value is -2.07. The summed E-state index contributed by atoms with van der Waals surface area (Å²) in [5.74, 6) is -1.84. The highest BCUT2D eigenvalue weighted by Gasteiger charge is 2.27. The number of ether oxygens (including phenoxy) is 2. The highest BCUT2D eigenvalue weighted by atomic mass is 31.2. The van der Waals surface area contributed by atoms with Crippen LogP contribution in [0.15, 0.2) is 48.6 Å². The van der Waals surface area contributed by atoms with Gasteiger partial charge in [0.25, 0.3) is 0 Å². The number of carboxylic acid groups (broad SMARTS) is 1. The van der Waals surface area contributed by atoms with E-state index in [0.717, 1.165) is 38.5 Å². The first-order chi connectivity index (χ1) is 25.7. The number of unbranched alkanes of at least 4 members (excludes halogenated alkanes) is 17. The lowest BCUT2D eigenvalue weighted by atomic mass is 10.0. The average Bonchev–Trinajstić information content (AvgIpc) is 3.13. The highest BCUT2D eigenvalue weighted by molar-refractivity contribution is 7.47. The van der Waals surface area contributed by atoms with Gasteiger partial charge in [-0.2, -0.15) is 0 Å². The summed E-state index contributed by atoms with van der Waals surface area (Å²) in [4.78, 5) is 33.4. The maximum Gasteiger partial charge on any atom is 0.472 e. The van der Waals surface area contributed by atoms with Gasteiger partial charge in [-0.3, -0.25) is 18.6 Å². The zero-order valence-electron chi connectivity index (χ0n) is 33.3. The quantitative estimate of drug-likeness (QED) is 0.0238. The molecule has 0 rings (SSSR count). The first-order valence-corrected chi connectivity index (χ1v) is 22.2. The van der Waals surface area contributed by atoms with E-state index < -0.39 is 45.1 Å². The van der Waals surface area contributed by atoms with Crippen molar-refractivity contribution in [1.82, 2.24) is 0 Å². The number of rotatable bonds is 39. The minimum Gasteiger partial charge on any atom is -0.480 e. The van der Waals surface area contributed by atoms with E-state index in [1.807, 2.05) is 6.08 Å². The Bertz CT molecular complexity index is 1030. The summed E-state index contributed by atoms with van der Waals surface area (Å²) in [6.45, 7) is 3.78. The van der Waals surface area contributed by atoms with Gasteiger partial charge in [0.15, 0.2) is 0 Å². The van der Waals surface area contributed by atoms with E-state index in [1.54, 1.807) is 0 Å². The molecule has 0 spiro atoms. The van der Waals surface area contributed by atoms with Gasteiger partial charge in [0.2, 0.25) is 0 Å². The molecule has 0 aliphatic heterocycles. The predicted molar refractivity (Wildman–Crippen MR) is 217 cm³/mol. The van der Waals surface area contributed by atoms with Crippen molar-refractivity contribution in [3.8, 4) is 0 Å². The van der Waals surface area contributed by atoms with E-state index in [0.29, 0.717) is 19.4 Å². The normalized spacial score (nSPS) is 14.5. The van der Waals surface area contributed by atoms with Crippen LogP contribution in [0.1, 0.15) is 168 Å². The number of phosphoric ester groups is 1. The van der Waals surface area contributed by atoms with E-state index >= 15 is 0 Å². The second-order valence-electron chi connectivity index (χ2n) is 13.8. The van der Waals surface area contributed by atoms with Gasteiger partial charge in [-0.25, -0.2) is 4.57 Å². The van der Waals surface area contributed by atoms with Crippen LogP contribution in [0, 0.1) is 0 Å². The Balaban J connectivity index is 4.37. The third-order valence-electron chi connectivity index (χ3n) is 8.61. The summed E-state index contributed by atoms with van der Waals surface area (Å²) in [6, 6.07) is -1.48. The Morgan fingerprint density at radius 3 is 1.55 bits per heavy atom. The summed E-state index contributed by atoms with van der Waals surface area (Å²) in [7, 11) is -4.63. The second kappa shape index (κ2) is 38.2. The van der Waals surface area contributed by atoms with Gasteiger partial charge in [-0.15, -0.1) is 0 Å². The molecular weight excluding hydrogens is 693 g/mol. The molecule has 1 unspecified atom stereocenters. The topological polar surface area (TPSA) is 155 Å². The second-order valence-corrected chi connectivity index (χ2v) is 15.2. The molecule has 10 nitrogen and oxygen atoms in total. The molecule has 0 aliphatic rings. The molecule has 0 heterocycles. The lowest BCUT2D eigenvalue weighted by Crippen LogP contribution is -2.34. The van der Waals surface area contributed by atoms with Crippen molar-refractivity contribution in [2.75, 3.05) is 26.4 Å².